The Kier molecular flexibility index (Phi) is 4.76. The first-order valence-electron chi connectivity index (χ1n) is 8.33. The summed E-state index contributed by atoms with van der Waals surface area (Å²) in [6, 6.07) is 2.57. The molecule has 0 radical (unpaired) electrons. The van der Waals surface area contributed by atoms with Gasteiger partial charge in [-0.05, 0) is 56.9 Å². The zero-order valence-electron chi connectivity index (χ0n) is 13.3. The maximum Gasteiger partial charge on any atom is 0.0885 e. The zero-order valence-corrected chi connectivity index (χ0v) is 13.3. The van der Waals surface area contributed by atoms with E-state index in [4.69, 9.17) is 0 Å². The number of hydrogen-bond donors (Lipinski definition) is 2. The Morgan fingerprint density at radius 3 is 2.45 bits per heavy atom. The summed E-state index contributed by atoms with van der Waals surface area (Å²) in [5, 5.41) is 24.6. The van der Waals surface area contributed by atoms with E-state index in [0.717, 1.165) is 57.5 Å². The highest BCUT2D eigenvalue weighted by atomic mass is 16.3. The molecular formula is C17H30N2O. The van der Waals surface area contributed by atoms with Gasteiger partial charge in [0, 0.05) is 12.5 Å². The first-order chi connectivity index (χ1) is 9.49. The van der Waals surface area contributed by atoms with E-state index >= 15 is 0 Å². The molecule has 20 heavy (non-hydrogen) atoms. The highest BCUT2D eigenvalue weighted by Crippen LogP contribution is 2.52. The zero-order chi connectivity index (χ0) is 14.8. The molecular weight excluding hydrogens is 248 g/mol. The normalized spacial score (nSPS) is 42.4. The summed E-state index contributed by atoms with van der Waals surface area (Å²) in [5.41, 5.74) is -1.30. The van der Waals surface area contributed by atoms with Crippen LogP contribution in [0, 0.1) is 34.5 Å². The number of nitriles is 1. The Labute approximate surface area is 123 Å². The van der Waals surface area contributed by atoms with Crippen LogP contribution in [0.3, 0.4) is 0 Å². The van der Waals surface area contributed by atoms with Gasteiger partial charge < -0.3 is 10.4 Å². The lowest BCUT2D eigenvalue weighted by molar-refractivity contribution is -0.136. The van der Waals surface area contributed by atoms with Gasteiger partial charge in [0.25, 0.3) is 0 Å². The van der Waals surface area contributed by atoms with E-state index in [0.29, 0.717) is 5.92 Å². The molecule has 0 amide bonds. The summed E-state index contributed by atoms with van der Waals surface area (Å²) in [4.78, 5) is 0. The molecule has 2 N–H and O–H groups in total. The Morgan fingerprint density at radius 2 is 1.95 bits per heavy atom. The first-order valence-corrected chi connectivity index (χ1v) is 8.33. The summed E-state index contributed by atoms with van der Waals surface area (Å²) < 4.78 is 0. The maximum atomic E-state index is 11.4. The Hall–Kier alpha value is -0.590. The van der Waals surface area contributed by atoms with E-state index in [2.05, 4.69) is 32.2 Å². The Bertz CT molecular complexity index is 366. The van der Waals surface area contributed by atoms with Crippen molar-refractivity contribution in [2.24, 2.45) is 23.2 Å². The second-order valence-corrected chi connectivity index (χ2v) is 7.26. The van der Waals surface area contributed by atoms with Gasteiger partial charge in [0.2, 0.25) is 0 Å². The minimum Gasteiger partial charge on any atom is -0.388 e. The fraction of sp³-hybridized carbons (Fsp3) is 0.941. The molecule has 1 saturated heterocycles. The van der Waals surface area contributed by atoms with Gasteiger partial charge in [-0.2, -0.15) is 5.26 Å². The highest BCUT2D eigenvalue weighted by molar-refractivity contribution is 5.16. The molecule has 1 heterocycles. The van der Waals surface area contributed by atoms with Crippen molar-refractivity contribution in [2.45, 2.75) is 64.9 Å². The monoisotopic (exact) mass is 278 g/mol. The summed E-state index contributed by atoms with van der Waals surface area (Å²) in [6.07, 6.45) is 5.61. The van der Waals surface area contributed by atoms with Gasteiger partial charge in [-0.1, -0.05) is 20.8 Å². The van der Waals surface area contributed by atoms with Crippen molar-refractivity contribution in [3.8, 4) is 6.07 Å². The van der Waals surface area contributed by atoms with Crippen molar-refractivity contribution in [1.29, 1.82) is 5.26 Å². The summed E-state index contributed by atoms with van der Waals surface area (Å²) in [5.74, 6) is 1.63. The van der Waals surface area contributed by atoms with Gasteiger partial charge in [0.05, 0.1) is 17.1 Å². The SMILES string of the molecule is CCC1CNCCC1(O)C1(C#N)CCC(C(C)C)CC1. The molecule has 0 spiro atoms. The molecule has 0 aromatic rings. The minimum atomic E-state index is -0.788. The number of nitrogens with zero attached hydrogens (tertiary/aromatic N) is 1. The number of aliphatic hydroxyl groups is 1. The lowest BCUT2D eigenvalue weighted by Gasteiger charge is -2.52. The molecule has 2 atom stereocenters. The lowest BCUT2D eigenvalue weighted by Crippen LogP contribution is -2.60. The molecule has 1 saturated carbocycles. The van der Waals surface area contributed by atoms with Crippen LogP contribution in [0.15, 0.2) is 0 Å². The molecule has 2 unspecified atom stereocenters. The van der Waals surface area contributed by atoms with Crippen LogP contribution in [-0.2, 0) is 0 Å². The van der Waals surface area contributed by atoms with Crippen molar-refractivity contribution in [1.82, 2.24) is 5.32 Å². The maximum absolute atomic E-state index is 11.4. The van der Waals surface area contributed by atoms with E-state index < -0.39 is 11.0 Å². The van der Waals surface area contributed by atoms with Gasteiger partial charge in [-0.15, -0.1) is 0 Å². The van der Waals surface area contributed by atoms with Crippen molar-refractivity contribution in [2.75, 3.05) is 13.1 Å². The van der Waals surface area contributed by atoms with Crippen molar-refractivity contribution < 1.29 is 5.11 Å². The molecule has 0 bridgehead atoms. The van der Waals surface area contributed by atoms with Gasteiger partial charge >= 0.3 is 0 Å². The smallest absolute Gasteiger partial charge is 0.0885 e. The molecule has 2 rings (SSSR count). The van der Waals surface area contributed by atoms with E-state index in [1.807, 2.05) is 0 Å². The van der Waals surface area contributed by atoms with Crippen LogP contribution in [-0.4, -0.2) is 23.8 Å². The van der Waals surface area contributed by atoms with Crippen molar-refractivity contribution in [3.05, 3.63) is 0 Å². The van der Waals surface area contributed by atoms with Gasteiger partial charge in [0.1, 0.15) is 0 Å². The van der Waals surface area contributed by atoms with Crippen LogP contribution < -0.4 is 5.32 Å². The van der Waals surface area contributed by atoms with Crippen LogP contribution in [0.1, 0.15) is 59.3 Å². The molecule has 2 aliphatic rings. The largest absolute Gasteiger partial charge is 0.388 e. The van der Waals surface area contributed by atoms with Crippen LogP contribution >= 0.6 is 0 Å². The van der Waals surface area contributed by atoms with Crippen LogP contribution in [0.25, 0.3) is 0 Å². The topological polar surface area (TPSA) is 56.0 Å². The third-order valence-electron chi connectivity index (χ3n) is 6.11. The summed E-state index contributed by atoms with van der Waals surface area (Å²) >= 11 is 0. The molecule has 2 fully saturated rings. The van der Waals surface area contributed by atoms with Gasteiger partial charge in [0.15, 0.2) is 0 Å². The predicted octanol–water partition coefficient (Wildman–Crippen LogP) is 3.09. The lowest BCUT2D eigenvalue weighted by atomic mass is 9.55. The Balaban J connectivity index is 2.21. The average molecular weight is 278 g/mol. The van der Waals surface area contributed by atoms with Gasteiger partial charge in [-0.3, -0.25) is 0 Å². The fourth-order valence-corrected chi connectivity index (χ4v) is 4.48. The fourth-order valence-electron chi connectivity index (χ4n) is 4.48. The molecule has 0 aromatic carbocycles. The van der Waals surface area contributed by atoms with Gasteiger partial charge in [-0.25, -0.2) is 0 Å². The molecule has 3 nitrogen and oxygen atoms in total. The predicted molar refractivity (Wildman–Crippen MR) is 81.1 cm³/mol. The van der Waals surface area contributed by atoms with E-state index in [1.165, 1.54) is 0 Å². The summed E-state index contributed by atoms with van der Waals surface area (Å²) in [6.45, 7) is 8.37. The van der Waals surface area contributed by atoms with Crippen LogP contribution in [0.2, 0.25) is 0 Å². The molecule has 0 aromatic heterocycles. The quantitative estimate of drug-likeness (QED) is 0.834. The summed E-state index contributed by atoms with van der Waals surface area (Å²) in [7, 11) is 0. The third-order valence-corrected chi connectivity index (χ3v) is 6.11. The molecule has 1 aliphatic heterocycles. The van der Waals surface area contributed by atoms with Crippen LogP contribution in [0.5, 0.6) is 0 Å². The molecule has 1 aliphatic carbocycles. The van der Waals surface area contributed by atoms with E-state index in [-0.39, 0.29) is 5.92 Å². The van der Waals surface area contributed by atoms with E-state index in [9.17, 15) is 10.4 Å². The molecule has 3 heteroatoms. The second kappa shape index (κ2) is 6.03. The second-order valence-electron chi connectivity index (χ2n) is 7.26. The average Bonchev–Trinajstić information content (AvgIpc) is 2.47. The number of rotatable bonds is 3. The van der Waals surface area contributed by atoms with Crippen molar-refractivity contribution >= 4 is 0 Å². The highest BCUT2D eigenvalue weighted by Gasteiger charge is 2.56. The van der Waals surface area contributed by atoms with Crippen LogP contribution in [0.4, 0.5) is 0 Å². The molecule has 114 valence electrons. The number of nitrogens with one attached hydrogen (secondary N) is 1. The number of hydrogen-bond acceptors (Lipinski definition) is 3. The third kappa shape index (κ3) is 2.49. The Morgan fingerprint density at radius 1 is 1.30 bits per heavy atom. The first kappa shape index (κ1) is 15.8. The standard InChI is InChI=1S/C17H30N2O/c1-4-15-11-19-10-9-17(15,20)16(12-18)7-5-14(6-8-16)13(2)3/h13-15,19-20H,4-11H2,1-3H3. The number of piperidine rings is 1. The van der Waals surface area contributed by atoms with Crippen molar-refractivity contribution in [3.63, 3.8) is 0 Å². The van der Waals surface area contributed by atoms with E-state index in [1.54, 1.807) is 0 Å². The minimum absolute atomic E-state index is 0.214.